The average molecular weight is 464 g/mol. The molecule has 0 saturated heterocycles. The Morgan fingerprint density at radius 3 is 2.56 bits per heavy atom. The summed E-state index contributed by atoms with van der Waals surface area (Å²) in [6, 6.07) is 8.20. The van der Waals surface area contributed by atoms with Gasteiger partial charge in [0.2, 0.25) is 0 Å². The second-order valence-electron chi connectivity index (χ2n) is 3.38. The zero-order valence-electron chi connectivity index (χ0n) is 8.63. The Bertz CT molecular complexity index is 414. The number of rotatable bonds is 1. The van der Waals surface area contributed by atoms with Crippen LogP contribution in [0, 0.1) is 6.08 Å². The molecule has 2 rings (SSSR count). The Morgan fingerprint density at radius 1 is 1.38 bits per heavy atom. The van der Waals surface area contributed by atoms with Gasteiger partial charge in [0.15, 0.2) is 0 Å². The molecule has 0 spiro atoms. The fourth-order valence-corrected chi connectivity index (χ4v) is 2.03. The first-order chi connectivity index (χ1) is 7.16. The van der Waals surface area contributed by atoms with Crippen molar-refractivity contribution in [3.63, 3.8) is 0 Å². The first-order valence-electron chi connectivity index (χ1n) is 4.63. The number of allylic oxidation sites excluding steroid dienone is 2. The van der Waals surface area contributed by atoms with Crippen LogP contribution >= 0.6 is 38.5 Å². The van der Waals surface area contributed by atoms with Crippen LogP contribution in [0.4, 0.5) is 0 Å². The molecule has 16 heavy (non-hydrogen) atoms. The number of benzene rings is 1. The summed E-state index contributed by atoms with van der Waals surface area (Å²) >= 11 is 5.79. The van der Waals surface area contributed by atoms with Gasteiger partial charge in [-0.15, -0.1) is 17.8 Å². The molecule has 1 N–H and O–H groups in total. The van der Waals surface area contributed by atoms with Gasteiger partial charge in [-0.1, -0.05) is 63.7 Å². The van der Waals surface area contributed by atoms with Gasteiger partial charge in [0, 0.05) is 46.8 Å². The van der Waals surface area contributed by atoms with Gasteiger partial charge in [0.1, 0.15) is 0 Å². The van der Waals surface area contributed by atoms with Crippen molar-refractivity contribution in [1.29, 1.82) is 0 Å². The van der Waals surface area contributed by atoms with Crippen molar-refractivity contribution in [3.8, 4) is 0 Å². The molecule has 0 bridgehead atoms. The maximum Gasteiger partial charge on any atom is 0.0379 e. The molecule has 0 fully saturated rings. The van der Waals surface area contributed by atoms with E-state index in [1.54, 1.807) is 0 Å². The van der Waals surface area contributed by atoms with Crippen LogP contribution in [0.3, 0.4) is 0 Å². The molecule has 1 nitrogen and oxygen atoms in total. The van der Waals surface area contributed by atoms with E-state index in [1.165, 1.54) is 0 Å². The third kappa shape index (κ3) is 3.65. The molecule has 81 valence electrons. The third-order valence-corrected chi connectivity index (χ3v) is 3.98. The number of halogens is 2. The minimum Gasteiger partial charge on any atom is -0.393 e. The van der Waals surface area contributed by atoms with Crippen LogP contribution in [-0.2, 0) is 32.7 Å². The van der Waals surface area contributed by atoms with E-state index in [-0.39, 0.29) is 32.7 Å². The van der Waals surface area contributed by atoms with Crippen molar-refractivity contribution >= 4 is 44.2 Å². The number of hydrogen-bond donors (Lipinski definition) is 1. The Hall–Kier alpha value is 0.814. The van der Waals surface area contributed by atoms with Crippen LogP contribution in [0.5, 0.6) is 0 Å². The average Bonchev–Trinajstić information content (AvgIpc) is 2.23. The van der Waals surface area contributed by atoms with E-state index in [2.05, 4.69) is 68.6 Å². The minimum atomic E-state index is 0. The van der Waals surface area contributed by atoms with Gasteiger partial charge in [-0.25, -0.2) is 6.08 Å². The molecule has 1 atom stereocenters. The molecule has 0 amide bonds. The van der Waals surface area contributed by atoms with Gasteiger partial charge in [0.05, 0.1) is 0 Å². The van der Waals surface area contributed by atoms with Gasteiger partial charge in [-0.05, 0) is 0 Å². The Kier molecular flexibility index (Phi) is 6.20. The SMILES string of the molecule is C=C1NC(c2ccc(Br)cc2)=[C-]CC1I.[Y]. The van der Waals surface area contributed by atoms with Crippen LogP contribution in [0.2, 0.25) is 0 Å². The van der Waals surface area contributed by atoms with E-state index >= 15 is 0 Å². The van der Waals surface area contributed by atoms with Crippen molar-refractivity contribution in [1.82, 2.24) is 5.32 Å². The summed E-state index contributed by atoms with van der Waals surface area (Å²) in [6.07, 6.45) is 4.29. The van der Waals surface area contributed by atoms with Crippen LogP contribution in [-0.4, -0.2) is 3.92 Å². The summed E-state index contributed by atoms with van der Waals surface area (Å²) in [4.78, 5) is 0. The number of alkyl halides is 1. The second-order valence-corrected chi connectivity index (χ2v) is 5.80. The molecule has 0 aromatic heterocycles. The molecule has 1 heterocycles. The molecular weight excluding hydrogens is 454 g/mol. The zero-order valence-corrected chi connectivity index (χ0v) is 15.2. The van der Waals surface area contributed by atoms with Gasteiger partial charge in [-0.2, -0.15) is 5.56 Å². The van der Waals surface area contributed by atoms with Gasteiger partial charge in [0.25, 0.3) is 0 Å². The van der Waals surface area contributed by atoms with Gasteiger partial charge < -0.3 is 5.32 Å². The summed E-state index contributed by atoms with van der Waals surface area (Å²) in [7, 11) is 0. The second kappa shape index (κ2) is 6.67. The van der Waals surface area contributed by atoms with Crippen molar-refractivity contribution < 1.29 is 32.7 Å². The maximum atomic E-state index is 4.00. The number of hydrogen-bond acceptors (Lipinski definition) is 1. The molecule has 0 saturated carbocycles. The van der Waals surface area contributed by atoms with E-state index in [9.17, 15) is 0 Å². The smallest absolute Gasteiger partial charge is 0.0379 e. The van der Waals surface area contributed by atoms with E-state index < -0.39 is 0 Å². The topological polar surface area (TPSA) is 12.0 Å². The zero-order chi connectivity index (χ0) is 10.8. The molecule has 1 aliphatic heterocycles. The predicted octanol–water partition coefficient (Wildman–Crippen LogP) is 3.90. The van der Waals surface area contributed by atoms with Crippen molar-refractivity contribution in [2.75, 3.05) is 0 Å². The summed E-state index contributed by atoms with van der Waals surface area (Å²) in [6.45, 7) is 4.00. The molecule has 1 aromatic rings. The standard InChI is InChI=1S/C12H10BrIN.Y/c1-8-11(14)6-7-12(15-8)9-2-4-10(13)5-3-9;/h2-5,11,15H,1,6H2;/q-1;. The molecule has 1 radical (unpaired) electrons. The summed E-state index contributed by atoms with van der Waals surface area (Å²) in [5, 5.41) is 3.29. The Labute approximate surface area is 143 Å². The molecule has 0 aliphatic carbocycles. The van der Waals surface area contributed by atoms with Gasteiger partial charge >= 0.3 is 0 Å². The fourth-order valence-electron chi connectivity index (χ4n) is 1.39. The largest absolute Gasteiger partial charge is 0.393 e. The van der Waals surface area contributed by atoms with E-state index in [1.807, 2.05) is 12.1 Å². The van der Waals surface area contributed by atoms with Crippen molar-refractivity contribution in [2.45, 2.75) is 10.3 Å². The normalized spacial score (nSPS) is 19.5. The van der Waals surface area contributed by atoms with Crippen LogP contribution in [0.1, 0.15) is 12.0 Å². The minimum absolute atomic E-state index is 0. The van der Waals surface area contributed by atoms with Crippen LogP contribution in [0.15, 0.2) is 41.0 Å². The van der Waals surface area contributed by atoms with E-state index in [0.29, 0.717) is 3.92 Å². The summed E-state index contributed by atoms with van der Waals surface area (Å²) in [5.74, 6) is 0. The summed E-state index contributed by atoms with van der Waals surface area (Å²) < 4.78 is 1.54. The van der Waals surface area contributed by atoms with E-state index in [4.69, 9.17) is 0 Å². The van der Waals surface area contributed by atoms with Crippen LogP contribution < -0.4 is 5.32 Å². The first kappa shape index (κ1) is 14.9. The molecule has 1 aliphatic rings. The van der Waals surface area contributed by atoms with Crippen LogP contribution in [0.25, 0.3) is 5.70 Å². The quantitative estimate of drug-likeness (QED) is 0.378. The molecule has 4 heteroatoms. The fraction of sp³-hybridized carbons (Fsp3) is 0.167. The van der Waals surface area contributed by atoms with Gasteiger partial charge in [-0.3, -0.25) is 0 Å². The monoisotopic (exact) mass is 463 g/mol. The third-order valence-electron chi connectivity index (χ3n) is 2.25. The predicted molar refractivity (Wildman–Crippen MR) is 75.5 cm³/mol. The molecule has 1 aromatic carbocycles. The molecular formula is C12H10BrINY-. The molecule has 1 unspecified atom stereocenters. The number of nitrogens with one attached hydrogen (secondary N) is 1. The van der Waals surface area contributed by atoms with E-state index in [0.717, 1.165) is 27.9 Å². The Morgan fingerprint density at radius 2 is 2.00 bits per heavy atom. The Balaban J connectivity index is 0.00000128. The van der Waals surface area contributed by atoms with Crippen molar-refractivity contribution in [2.24, 2.45) is 0 Å². The summed E-state index contributed by atoms with van der Waals surface area (Å²) in [5.41, 5.74) is 3.26. The maximum absolute atomic E-state index is 4.00. The first-order valence-corrected chi connectivity index (χ1v) is 6.67. The van der Waals surface area contributed by atoms with Crippen molar-refractivity contribution in [3.05, 3.63) is 52.7 Å².